The third-order valence-electron chi connectivity index (χ3n) is 4.23. The van der Waals surface area contributed by atoms with Crippen molar-refractivity contribution >= 4 is 5.96 Å². The first-order chi connectivity index (χ1) is 11.2. The molecule has 4 nitrogen and oxygen atoms in total. The molecule has 0 heterocycles. The number of hydrogen-bond donors (Lipinski definition) is 2. The molecule has 1 aliphatic rings. The number of hydrogen-bond acceptors (Lipinski definition) is 2. The van der Waals surface area contributed by atoms with Crippen LogP contribution in [0.25, 0.3) is 0 Å². The lowest BCUT2D eigenvalue weighted by atomic mass is 9.96. The maximum Gasteiger partial charge on any atom is 0.191 e. The van der Waals surface area contributed by atoms with Gasteiger partial charge in [0.25, 0.3) is 0 Å². The molecule has 0 bridgehead atoms. The van der Waals surface area contributed by atoms with E-state index in [1.807, 2.05) is 0 Å². The van der Waals surface area contributed by atoms with E-state index in [0.717, 1.165) is 25.6 Å². The van der Waals surface area contributed by atoms with E-state index in [4.69, 9.17) is 4.99 Å². The fraction of sp³-hybridized carbons (Fsp3) is 0.632. The number of aliphatic imine (C=N–C) groups is 1. The zero-order valence-corrected chi connectivity index (χ0v) is 14.9. The van der Waals surface area contributed by atoms with Crippen molar-refractivity contribution in [1.82, 2.24) is 15.5 Å². The SMILES string of the molecule is CCNC(=NCc1ccc(CN(C)C)cc1)NC1CCCCC1. The van der Waals surface area contributed by atoms with Crippen LogP contribution in [-0.2, 0) is 13.1 Å². The summed E-state index contributed by atoms with van der Waals surface area (Å²) < 4.78 is 0. The maximum absolute atomic E-state index is 4.75. The van der Waals surface area contributed by atoms with Crippen molar-refractivity contribution in [2.24, 2.45) is 4.99 Å². The van der Waals surface area contributed by atoms with Crippen LogP contribution in [-0.4, -0.2) is 37.5 Å². The first-order valence-corrected chi connectivity index (χ1v) is 8.94. The Labute approximate surface area is 141 Å². The predicted octanol–water partition coefficient (Wildman–Crippen LogP) is 3.14. The van der Waals surface area contributed by atoms with E-state index in [1.165, 1.54) is 43.2 Å². The largest absolute Gasteiger partial charge is 0.357 e. The first-order valence-electron chi connectivity index (χ1n) is 8.94. The van der Waals surface area contributed by atoms with Gasteiger partial charge >= 0.3 is 0 Å². The van der Waals surface area contributed by atoms with Crippen LogP contribution in [0.5, 0.6) is 0 Å². The number of rotatable bonds is 6. The van der Waals surface area contributed by atoms with Crippen LogP contribution >= 0.6 is 0 Å². The Morgan fingerprint density at radius 2 is 1.74 bits per heavy atom. The van der Waals surface area contributed by atoms with Crippen LogP contribution in [0.1, 0.15) is 50.2 Å². The van der Waals surface area contributed by atoms with Gasteiger partial charge in [-0.1, -0.05) is 43.5 Å². The van der Waals surface area contributed by atoms with Gasteiger partial charge in [0, 0.05) is 19.1 Å². The summed E-state index contributed by atoms with van der Waals surface area (Å²) in [5.74, 6) is 0.955. The lowest BCUT2D eigenvalue weighted by molar-refractivity contribution is 0.402. The first kappa shape index (κ1) is 17.8. The van der Waals surface area contributed by atoms with Crippen molar-refractivity contribution < 1.29 is 0 Å². The third-order valence-corrected chi connectivity index (χ3v) is 4.23. The quantitative estimate of drug-likeness (QED) is 0.626. The van der Waals surface area contributed by atoms with Gasteiger partial charge in [0.05, 0.1) is 6.54 Å². The average molecular weight is 316 g/mol. The van der Waals surface area contributed by atoms with E-state index >= 15 is 0 Å². The zero-order valence-electron chi connectivity index (χ0n) is 14.9. The summed E-state index contributed by atoms with van der Waals surface area (Å²) in [6, 6.07) is 9.36. The standard InChI is InChI=1S/C19H32N4/c1-4-20-19(22-18-8-6-5-7-9-18)21-14-16-10-12-17(13-11-16)15-23(2)3/h10-13,18H,4-9,14-15H2,1-3H3,(H2,20,21,22). The summed E-state index contributed by atoms with van der Waals surface area (Å²) >= 11 is 0. The lowest BCUT2D eigenvalue weighted by Gasteiger charge is -2.24. The summed E-state index contributed by atoms with van der Waals surface area (Å²) in [4.78, 5) is 6.94. The Kier molecular flexibility index (Phi) is 7.40. The highest BCUT2D eigenvalue weighted by Crippen LogP contribution is 2.17. The normalized spacial score (nSPS) is 16.6. The van der Waals surface area contributed by atoms with Crippen molar-refractivity contribution in [1.29, 1.82) is 0 Å². The fourth-order valence-corrected chi connectivity index (χ4v) is 3.05. The second-order valence-electron chi connectivity index (χ2n) is 6.73. The van der Waals surface area contributed by atoms with Crippen molar-refractivity contribution in [2.45, 2.75) is 58.2 Å². The van der Waals surface area contributed by atoms with Gasteiger partial charge in [0.1, 0.15) is 0 Å². The van der Waals surface area contributed by atoms with E-state index < -0.39 is 0 Å². The average Bonchev–Trinajstić information content (AvgIpc) is 2.55. The topological polar surface area (TPSA) is 39.7 Å². The highest BCUT2D eigenvalue weighted by Gasteiger charge is 2.14. The van der Waals surface area contributed by atoms with Gasteiger partial charge in [-0.15, -0.1) is 0 Å². The minimum absolute atomic E-state index is 0.587. The molecule has 0 aliphatic heterocycles. The molecule has 0 unspecified atom stereocenters. The van der Waals surface area contributed by atoms with Gasteiger partial charge in [0.15, 0.2) is 5.96 Å². The number of nitrogens with one attached hydrogen (secondary N) is 2. The summed E-state index contributed by atoms with van der Waals surface area (Å²) in [7, 11) is 4.19. The summed E-state index contributed by atoms with van der Waals surface area (Å²) in [6.07, 6.45) is 6.59. The molecule has 2 rings (SSSR count). The smallest absolute Gasteiger partial charge is 0.191 e. The molecule has 1 aliphatic carbocycles. The second kappa shape index (κ2) is 9.56. The Balaban J connectivity index is 1.90. The van der Waals surface area contributed by atoms with E-state index in [9.17, 15) is 0 Å². The highest BCUT2D eigenvalue weighted by molar-refractivity contribution is 5.80. The molecule has 4 heteroatoms. The third kappa shape index (κ3) is 6.61. The molecule has 0 amide bonds. The van der Waals surface area contributed by atoms with Gasteiger partial charge in [0.2, 0.25) is 0 Å². The summed E-state index contributed by atoms with van der Waals surface area (Å²) in [5.41, 5.74) is 2.60. The van der Waals surface area contributed by atoms with Gasteiger partial charge in [-0.25, -0.2) is 4.99 Å². The molecule has 0 saturated heterocycles. The number of guanidine groups is 1. The Morgan fingerprint density at radius 1 is 1.09 bits per heavy atom. The molecule has 1 saturated carbocycles. The molecule has 128 valence electrons. The summed E-state index contributed by atoms with van der Waals surface area (Å²) in [5, 5.41) is 6.97. The minimum Gasteiger partial charge on any atom is -0.357 e. The molecule has 0 spiro atoms. The molecule has 1 aromatic rings. The highest BCUT2D eigenvalue weighted by atomic mass is 15.2. The van der Waals surface area contributed by atoms with E-state index in [-0.39, 0.29) is 0 Å². The van der Waals surface area contributed by atoms with Crippen molar-refractivity contribution in [3.05, 3.63) is 35.4 Å². The Morgan fingerprint density at radius 3 is 2.35 bits per heavy atom. The van der Waals surface area contributed by atoms with Gasteiger partial charge in [-0.05, 0) is 45.0 Å². The Bertz CT molecular complexity index is 473. The molecular formula is C19H32N4. The van der Waals surface area contributed by atoms with Crippen LogP contribution < -0.4 is 10.6 Å². The van der Waals surface area contributed by atoms with Crippen LogP contribution in [0.3, 0.4) is 0 Å². The van der Waals surface area contributed by atoms with Crippen LogP contribution in [0.15, 0.2) is 29.3 Å². The van der Waals surface area contributed by atoms with Crippen molar-refractivity contribution in [3.8, 4) is 0 Å². The van der Waals surface area contributed by atoms with Crippen LogP contribution in [0, 0.1) is 0 Å². The fourth-order valence-electron chi connectivity index (χ4n) is 3.05. The van der Waals surface area contributed by atoms with E-state index in [1.54, 1.807) is 0 Å². The molecule has 2 N–H and O–H groups in total. The minimum atomic E-state index is 0.587. The predicted molar refractivity (Wildman–Crippen MR) is 98.7 cm³/mol. The molecule has 0 atom stereocenters. The maximum atomic E-state index is 4.75. The second-order valence-corrected chi connectivity index (χ2v) is 6.73. The Hall–Kier alpha value is -1.55. The number of nitrogens with zero attached hydrogens (tertiary/aromatic N) is 2. The number of benzene rings is 1. The van der Waals surface area contributed by atoms with Crippen molar-refractivity contribution in [2.75, 3.05) is 20.6 Å². The zero-order chi connectivity index (χ0) is 16.5. The molecule has 1 aromatic carbocycles. The summed E-state index contributed by atoms with van der Waals surface area (Å²) in [6.45, 7) is 4.73. The monoisotopic (exact) mass is 316 g/mol. The lowest BCUT2D eigenvalue weighted by Crippen LogP contribution is -2.44. The molecule has 0 aromatic heterocycles. The molecule has 23 heavy (non-hydrogen) atoms. The van der Waals surface area contributed by atoms with Gasteiger partial charge in [-0.3, -0.25) is 0 Å². The van der Waals surface area contributed by atoms with E-state index in [0.29, 0.717) is 6.04 Å². The molecular weight excluding hydrogens is 284 g/mol. The molecule has 1 fully saturated rings. The van der Waals surface area contributed by atoms with Crippen LogP contribution in [0.2, 0.25) is 0 Å². The van der Waals surface area contributed by atoms with Crippen molar-refractivity contribution in [3.63, 3.8) is 0 Å². The van der Waals surface area contributed by atoms with E-state index in [2.05, 4.69) is 60.8 Å². The van der Waals surface area contributed by atoms with Gasteiger partial charge < -0.3 is 15.5 Å². The van der Waals surface area contributed by atoms with Crippen LogP contribution in [0.4, 0.5) is 0 Å². The molecule has 0 radical (unpaired) electrons. The van der Waals surface area contributed by atoms with Gasteiger partial charge in [-0.2, -0.15) is 0 Å².